The number of rotatable bonds is 9. The van der Waals surface area contributed by atoms with Gasteiger partial charge in [-0.25, -0.2) is 0 Å². The van der Waals surface area contributed by atoms with Crippen molar-refractivity contribution in [2.75, 3.05) is 27.9 Å². The molecule has 4 aromatic rings. The van der Waals surface area contributed by atoms with Crippen molar-refractivity contribution in [1.82, 2.24) is 0 Å². The van der Waals surface area contributed by atoms with Gasteiger partial charge < -0.3 is 42.3 Å². The average Bonchev–Trinajstić information content (AvgIpc) is 3.02. The smallest absolute Gasteiger partial charge is 0.308 e. The Labute approximate surface area is 262 Å². The molecule has 0 unspecified atom stereocenters. The minimum absolute atomic E-state index is 0.0790. The van der Waals surface area contributed by atoms with Crippen LogP contribution in [0.15, 0.2) is 57.9 Å². The van der Waals surface area contributed by atoms with Crippen molar-refractivity contribution in [3.63, 3.8) is 0 Å². The Morgan fingerprint density at radius 1 is 0.761 bits per heavy atom. The molecule has 0 amide bonds. The molecule has 46 heavy (non-hydrogen) atoms. The van der Waals surface area contributed by atoms with E-state index in [0.717, 1.165) is 0 Å². The van der Waals surface area contributed by atoms with E-state index >= 15 is 0 Å². The van der Waals surface area contributed by atoms with Gasteiger partial charge >= 0.3 is 17.9 Å². The first-order valence-corrected chi connectivity index (χ1v) is 13.9. The first-order valence-electron chi connectivity index (χ1n) is 13.9. The van der Waals surface area contributed by atoms with Crippen LogP contribution in [0.25, 0.3) is 22.1 Å². The van der Waals surface area contributed by atoms with Crippen molar-refractivity contribution in [3.8, 4) is 51.4 Å². The Morgan fingerprint density at radius 3 is 2.04 bits per heavy atom. The fourth-order valence-corrected chi connectivity index (χ4v) is 4.98. The molecule has 0 bridgehead atoms. The third-order valence-electron chi connectivity index (χ3n) is 6.96. The van der Waals surface area contributed by atoms with Gasteiger partial charge in [-0.05, 0) is 42.0 Å². The van der Waals surface area contributed by atoms with Gasteiger partial charge in [0, 0.05) is 26.3 Å². The zero-order valence-corrected chi connectivity index (χ0v) is 25.8. The maximum absolute atomic E-state index is 13.7. The van der Waals surface area contributed by atoms with E-state index in [4.69, 9.17) is 42.3 Å². The van der Waals surface area contributed by atoms with Crippen LogP contribution in [0.5, 0.6) is 40.2 Å². The van der Waals surface area contributed by atoms with Gasteiger partial charge in [0.25, 0.3) is 0 Å². The highest BCUT2D eigenvalue weighted by molar-refractivity contribution is 5.89. The largest absolute Gasteiger partial charge is 0.493 e. The molecule has 2 atom stereocenters. The molecule has 1 aliphatic heterocycles. The van der Waals surface area contributed by atoms with E-state index in [0.29, 0.717) is 16.9 Å². The van der Waals surface area contributed by atoms with E-state index in [9.17, 15) is 19.2 Å². The third kappa shape index (κ3) is 6.25. The van der Waals surface area contributed by atoms with Crippen LogP contribution in [0.1, 0.15) is 32.4 Å². The van der Waals surface area contributed by atoms with Crippen LogP contribution in [-0.4, -0.2) is 51.9 Å². The maximum Gasteiger partial charge on any atom is 0.308 e. The van der Waals surface area contributed by atoms with Crippen LogP contribution < -0.4 is 38.6 Å². The summed E-state index contributed by atoms with van der Waals surface area (Å²) in [6.07, 6.45) is -0.526. The number of carbonyl (C=O) groups excluding carboxylic acids is 3. The van der Waals surface area contributed by atoms with Gasteiger partial charge in [0.05, 0.1) is 32.3 Å². The average molecular weight is 635 g/mol. The van der Waals surface area contributed by atoms with Gasteiger partial charge in [0.1, 0.15) is 12.9 Å². The van der Waals surface area contributed by atoms with Crippen LogP contribution >= 0.6 is 0 Å². The first kappa shape index (κ1) is 31.7. The molecular formula is C33H30O13. The monoisotopic (exact) mass is 634 g/mol. The minimum Gasteiger partial charge on any atom is -0.493 e. The van der Waals surface area contributed by atoms with Gasteiger partial charge in [-0.2, -0.15) is 0 Å². The molecule has 0 radical (unpaired) electrons. The van der Waals surface area contributed by atoms with E-state index in [-0.39, 0.29) is 63.1 Å². The van der Waals surface area contributed by atoms with Gasteiger partial charge in [-0.3, -0.25) is 19.2 Å². The number of ether oxygens (including phenoxy) is 8. The van der Waals surface area contributed by atoms with E-state index in [1.54, 1.807) is 30.3 Å². The summed E-state index contributed by atoms with van der Waals surface area (Å²) in [5.41, 5.74) is 0.830. The Morgan fingerprint density at radius 2 is 1.43 bits per heavy atom. The lowest BCUT2D eigenvalue weighted by molar-refractivity contribution is -0.145. The minimum atomic E-state index is -0.922. The standard InChI is InChI=1S/C33H30O13/c1-16(34)41-15-28-30(20-12-26(39-5)32(44-18(3)36)27(13-20)40-6)45-24-10-8-21-29(37)22(14-42-31(21)33(24)46-28)19-7-9-23(38-4)25(11-19)43-17(2)35/h7-14,28,30H,15H2,1-6H3/t28-,30+/m1/s1. The van der Waals surface area contributed by atoms with Crippen LogP contribution in [0, 0.1) is 0 Å². The van der Waals surface area contributed by atoms with Gasteiger partial charge in [0.15, 0.2) is 46.5 Å². The lowest BCUT2D eigenvalue weighted by Gasteiger charge is -2.34. The summed E-state index contributed by atoms with van der Waals surface area (Å²) in [6.45, 7) is 3.54. The van der Waals surface area contributed by atoms with Crippen molar-refractivity contribution < 1.29 is 56.7 Å². The second kappa shape index (κ2) is 13.1. The summed E-state index contributed by atoms with van der Waals surface area (Å²) >= 11 is 0. The number of benzene rings is 3. The normalized spacial score (nSPS) is 15.1. The van der Waals surface area contributed by atoms with Crippen molar-refractivity contribution in [3.05, 3.63) is 64.5 Å². The van der Waals surface area contributed by atoms with Crippen molar-refractivity contribution in [2.45, 2.75) is 33.0 Å². The van der Waals surface area contributed by atoms with Gasteiger partial charge in [0.2, 0.25) is 16.9 Å². The van der Waals surface area contributed by atoms with Crippen LogP contribution in [-0.2, 0) is 19.1 Å². The Bertz CT molecular complexity index is 1870. The summed E-state index contributed by atoms with van der Waals surface area (Å²) in [5, 5.41) is 0.184. The van der Waals surface area contributed by atoms with Crippen molar-refractivity contribution in [2.24, 2.45) is 0 Å². The molecule has 3 aromatic carbocycles. The lowest BCUT2D eigenvalue weighted by atomic mass is 10.0. The van der Waals surface area contributed by atoms with Crippen molar-refractivity contribution >= 4 is 28.9 Å². The number of methoxy groups -OCH3 is 3. The van der Waals surface area contributed by atoms with Crippen LogP contribution in [0.2, 0.25) is 0 Å². The molecular weight excluding hydrogens is 604 g/mol. The molecule has 0 N–H and O–H groups in total. The zero-order chi connectivity index (χ0) is 33.1. The quantitative estimate of drug-likeness (QED) is 0.183. The summed E-state index contributed by atoms with van der Waals surface area (Å²) in [6, 6.07) is 11.0. The van der Waals surface area contributed by atoms with E-state index < -0.39 is 30.1 Å². The highest BCUT2D eigenvalue weighted by Gasteiger charge is 2.37. The SMILES string of the molecule is COc1ccc(-c2coc3c4c(ccc3c2=O)O[C@@H](c2cc(OC)c(OC(C)=O)c(OC)c2)[C@@H](COC(C)=O)O4)cc1OC(C)=O. The molecule has 0 fully saturated rings. The van der Waals surface area contributed by atoms with E-state index in [1.165, 1.54) is 60.5 Å². The number of esters is 3. The van der Waals surface area contributed by atoms with Crippen LogP contribution in [0.3, 0.4) is 0 Å². The molecule has 5 rings (SSSR count). The molecule has 0 saturated carbocycles. The maximum atomic E-state index is 13.7. The molecule has 1 aromatic heterocycles. The number of fused-ring (bicyclic) bond motifs is 3. The van der Waals surface area contributed by atoms with Crippen LogP contribution in [0.4, 0.5) is 0 Å². The first-order chi connectivity index (χ1) is 22.0. The Hall–Kier alpha value is -5.72. The molecule has 0 saturated heterocycles. The predicted octanol–water partition coefficient (Wildman–Crippen LogP) is 4.78. The molecule has 1 aliphatic rings. The molecule has 2 heterocycles. The summed E-state index contributed by atoms with van der Waals surface area (Å²) < 4.78 is 50.7. The molecule has 0 spiro atoms. The fraction of sp³-hybridized carbons (Fsp3) is 0.273. The highest BCUT2D eigenvalue weighted by Crippen LogP contribution is 2.47. The van der Waals surface area contributed by atoms with E-state index in [1.807, 2.05) is 0 Å². The van der Waals surface area contributed by atoms with Gasteiger partial charge in [-0.1, -0.05) is 6.07 Å². The highest BCUT2D eigenvalue weighted by atomic mass is 16.6. The summed E-state index contributed by atoms with van der Waals surface area (Å²) in [7, 11) is 4.24. The zero-order valence-electron chi connectivity index (χ0n) is 25.8. The topological polar surface area (TPSA) is 155 Å². The van der Waals surface area contributed by atoms with E-state index in [2.05, 4.69) is 0 Å². The summed E-state index contributed by atoms with van der Waals surface area (Å²) in [4.78, 5) is 48.8. The second-order valence-electron chi connectivity index (χ2n) is 10.1. The Balaban J connectivity index is 1.58. The number of hydrogen-bond donors (Lipinski definition) is 0. The molecule has 13 heteroatoms. The lowest BCUT2D eigenvalue weighted by Crippen LogP contribution is -2.37. The van der Waals surface area contributed by atoms with Crippen molar-refractivity contribution in [1.29, 1.82) is 0 Å². The second-order valence-corrected chi connectivity index (χ2v) is 10.1. The third-order valence-corrected chi connectivity index (χ3v) is 6.96. The predicted molar refractivity (Wildman–Crippen MR) is 161 cm³/mol. The number of hydrogen-bond acceptors (Lipinski definition) is 13. The van der Waals surface area contributed by atoms with Gasteiger partial charge in [-0.15, -0.1) is 0 Å². The Kier molecular flexibility index (Phi) is 9.03. The summed E-state index contributed by atoms with van der Waals surface area (Å²) in [5.74, 6) is -0.381. The molecule has 13 nitrogen and oxygen atoms in total. The number of carbonyl (C=O) groups is 3. The molecule has 0 aliphatic carbocycles. The molecule has 240 valence electrons. The fourth-order valence-electron chi connectivity index (χ4n) is 4.98.